The van der Waals surface area contributed by atoms with E-state index in [0.717, 1.165) is 12.8 Å². The van der Waals surface area contributed by atoms with Crippen molar-refractivity contribution in [3.8, 4) is 0 Å². The van der Waals surface area contributed by atoms with Crippen LogP contribution in [0.4, 0.5) is 5.69 Å². The second-order valence-corrected chi connectivity index (χ2v) is 7.06. The van der Waals surface area contributed by atoms with Gasteiger partial charge in [-0.3, -0.25) is 9.78 Å². The number of carbonyl (C=O) groups is 2. The second kappa shape index (κ2) is 10.3. The van der Waals surface area contributed by atoms with Gasteiger partial charge in [-0.05, 0) is 44.9 Å². The maximum absolute atomic E-state index is 12.9. The molecule has 6 nitrogen and oxygen atoms in total. The zero-order chi connectivity index (χ0) is 20.7. The highest BCUT2D eigenvalue weighted by atomic mass is 35.5. The number of fused-ring (bicyclic) bond motifs is 1. The molecule has 28 heavy (non-hydrogen) atoms. The molecule has 0 fully saturated rings. The van der Waals surface area contributed by atoms with Crippen LogP contribution in [-0.2, 0) is 9.53 Å². The predicted molar refractivity (Wildman–Crippen MR) is 113 cm³/mol. The highest BCUT2D eigenvalue weighted by molar-refractivity contribution is 6.31. The molecule has 1 heterocycles. The fourth-order valence-electron chi connectivity index (χ4n) is 3.11. The molecule has 152 valence electrons. The lowest BCUT2D eigenvalue weighted by atomic mass is 10.1. The average molecular weight is 406 g/mol. The van der Waals surface area contributed by atoms with Gasteiger partial charge in [-0.15, -0.1) is 0 Å². The number of carbonyl (C=O) groups excluding carboxylic acids is 2. The van der Waals surface area contributed by atoms with E-state index < -0.39 is 12.0 Å². The number of amides is 1. The molecule has 0 bridgehead atoms. The van der Waals surface area contributed by atoms with Crippen LogP contribution >= 0.6 is 11.6 Å². The highest BCUT2D eigenvalue weighted by Crippen LogP contribution is 2.30. The number of anilines is 1. The number of nitrogens with zero attached hydrogens (tertiary/aromatic N) is 2. The third kappa shape index (κ3) is 5.13. The molecule has 1 amide bonds. The zero-order valence-corrected chi connectivity index (χ0v) is 17.7. The average Bonchev–Trinajstić information content (AvgIpc) is 2.67. The quantitative estimate of drug-likeness (QED) is 0.621. The Labute approximate surface area is 171 Å². The minimum Gasteiger partial charge on any atom is -0.462 e. The van der Waals surface area contributed by atoms with Crippen LogP contribution in [0.15, 0.2) is 24.4 Å². The van der Waals surface area contributed by atoms with Crippen molar-refractivity contribution in [2.45, 2.75) is 46.6 Å². The number of pyridine rings is 1. The largest absolute Gasteiger partial charge is 0.462 e. The third-order valence-electron chi connectivity index (χ3n) is 4.36. The van der Waals surface area contributed by atoms with Crippen LogP contribution in [-0.4, -0.2) is 47.5 Å². The van der Waals surface area contributed by atoms with Gasteiger partial charge in [-0.1, -0.05) is 25.4 Å². The van der Waals surface area contributed by atoms with Gasteiger partial charge in [-0.2, -0.15) is 0 Å². The standard InChI is InChI=1S/C21H28ClN3O3/c1-5-10-25(11-6-2)20(26)14(4)24-19-16-12-15(22)8-9-18(16)23-13-17(19)21(27)28-7-3/h8-9,12-14H,5-7,10-11H2,1-4H3,(H,23,24). The minimum atomic E-state index is -0.518. The number of halogens is 1. The molecule has 1 aromatic heterocycles. The molecule has 1 aromatic carbocycles. The van der Waals surface area contributed by atoms with Crippen molar-refractivity contribution >= 4 is 40.1 Å². The topological polar surface area (TPSA) is 71.5 Å². The molecular formula is C21H28ClN3O3. The Hall–Kier alpha value is -2.34. The SMILES string of the molecule is CCCN(CCC)C(=O)C(C)Nc1c(C(=O)OCC)cnc2ccc(Cl)cc12. The van der Waals surface area contributed by atoms with Crippen LogP contribution in [0.1, 0.15) is 50.9 Å². The fraction of sp³-hybridized carbons (Fsp3) is 0.476. The smallest absolute Gasteiger partial charge is 0.341 e. The Morgan fingerprint density at radius 3 is 2.50 bits per heavy atom. The van der Waals surface area contributed by atoms with Crippen molar-refractivity contribution in [1.82, 2.24) is 9.88 Å². The summed E-state index contributed by atoms with van der Waals surface area (Å²) in [6, 6.07) is 4.74. The first-order chi connectivity index (χ1) is 13.4. The van der Waals surface area contributed by atoms with Gasteiger partial charge >= 0.3 is 5.97 Å². The first-order valence-electron chi connectivity index (χ1n) is 9.73. The number of nitrogens with one attached hydrogen (secondary N) is 1. The van der Waals surface area contributed by atoms with E-state index in [9.17, 15) is 9.59 Å². The van der Waals surface area contributed by atoms with Gasteiger partial charge in [0.25, 0.3) is 0 Å². The number of hydrogen-bond acceptors (Lipinski definition) is 5. The number of esters is 1. The van der Waals surface area contributed by atoms with E-state index >= 15 is 0 Å². The summed E-state index contributed by atoms with van der Waals surface area (Å²) in [6.07, 6.45) is 3.25. The molecule has 2 aromatic rings. The van der Waals surface area contributed by atoms with Crippen LogP contribution in [0.2, 0.25) is 5.02 Å². The first kappa shape index (κ1) is 22.0. The molecule has 0 spiro atoms. The lowest BCUT2D eigenvalue weighted by Gasteiger charge is -2.27. The van der Waals surface area contributed by atoms with E-state index in [1.54, 1.807) is 32.0 Å². The van der Waals surface area contributed by atoms with Gasteiger partial charge in [0.1, 0.15) is 11.6 Å². The molecule has 0 aliphatic heterocycles. The summed E-state index contributed by atoms with van der Waals surface area (Å²) in [7, 11) is 0. The van der Waals surface area contributed by atoms with E-state index in [4.69, 9.17) is 16.3 Å². The van der Waals surface area contributed by atoms with Gasteiger partial charge < -0.3 is 15.0 Å². The zero-order valence-electron chi connectivity index (χ0n) is 16.9. The number of aromatic nitrogens is 1. The lowest BCUT2D eigenvalue weighted by molar-refractivity contribution is -0.131. The van der Waals surface area contributed by atoms with Crippen molar-refractivity contribution in [3.63, 3.8) is 0 Å². The first-order valence-corrected chi connectivity index (χ1v) is 10.1. The summed E-state index contributed by atoms with van der Waals surface area (Å²) in [5.74, 6) is -0.497. The normalized spacial score (nSPS) is 11.9. The summed E-state index contributed by atoms with van der Waals surface area (Å²) in [5, 5.41) is 4.43. The Balaban J connectivity index is 2.45. The van der Waals surface area contributed by atoms with Crippen LogP contribution in [0.25, 0.3) is 10.9 Å². The van der Waals surface area contributed by atoms with E-state index in [1.807, 2.05) is 18.7 Å². The van der Waals surface area contributed by atoms with Crippen molar-refractivity contribution in [2.75, 3.05) is 25.0 Å². The number of rotatable bonds is 9. The summed E-state index contributed by atoms with van der Waals surface area (Å²) >= 11 is 6.17. The van der Waals surface area contributed by atoms with E-state index in [2.05, 4.69) is 10.3 Å². The summed E-state index contributed by atoms with van der Waals surface area (Å²) in [6.45, 7) is 9.29. The molecule has 2 rings (SSSR count). The van der Waals surface area contributed by atoms with Crippen molar-refractivity contribution in [2.24, 2.45) is 0 Å². The van der Waals surface area contributed by atoms with Crippen LogP contribution < -0.4 is 5.32 Å². The summed E-state index contributed by atoms with van der Waals surface area (Å²) in [5.41, 5.74) is 1.48. The highest BCUT2D eigenvalue weighted by Gasteiger charge is 2.23. The Morgan fingerprint density at radius 2 is 1.89 bits per heavy atom. The number of ether oxygens (including phenoxy) is 1. The molecule has 1 unspecified atom stereocenters. The predicted octanol–water partition coefficient (Wildman–Crippen LogP) is 4.51. The minimum absolute atomic E-state index is 0.00880. The fourth-order valence-corrected chi connectivity index (χ4v) is 3.28. The summed E-state index contributed by atoms with van der Waals surface area (Å²) < 4.78 is 5.17. The second-order valence-electron chi connectivity index (χ2n) is 6.62. The van der Waals surface area contributed by atoms with Crippen molar-refractivity contribution < 1.29 is 14.3 Å². The Kier molecular flexibility index (Phi) is 8.05. The molecule has 0 aliphatic carbocycles. The monoisotopic (exact) mass is 405 g/mol. The van der Waals surface area contributed by atoms with Crippen LogP contribution in [0.3, 0.4) is 0 Å². The van der Waals surface area contributed by atoms with Gasteiger partial charge in [0.05, 0.1) is 17.8 Å². The Morgan fingerprint density at radius 1 is 1.21 bits per heavy atom. The molecule has 1 N–H and O–H groups in total. The van der Waals surface area contributed by atoms with Gasteiger partial charge in [0, 0.05) is 29.7 Å². The van der Waals surface area contributed by atoms with Crippen LogP contribution in [0.5, 0.6) is 0 Å². The van der Waals surface area contributed by atoms with Crippen molar-refractivity contribution in [1.29, 1.82) is 0 Å². The molecule has 7 heteroatoms. The maximum atomic E-state index is 12.9. The van der Waals surface area contributed by atoms with Gasteiger partial charge in [0.2, 0.25) is 5.91 Å². The molecule has 0 aliphatic rings. The van der Waals surface area contributed by atoms with E-state index in [1.165, 1.54) is 6.20 Å². The van der Waals surface area contributed by atoms with E-state index in [0.29, 0.717) is 34.7 Å². The summed E-state index contributed by atoms with van der Waals surface area (Å²) in [4.78, 5) is 31.6. The van der Waals surface area contributed by atoms with E-state index in [-0.39, 0.29) is 18.1 Å². The number of hydrogen-bond donors (Lipinski definition) is 1. The molecule has 0 saturated carbocycles. The van der Waals surface area contributed by atoms with Gasteiger partial charge in [0.15, 0.2) is 0 Å². The molecule has 1 atom stereocenters. The number of benzene rings is 1. The van der Waals surface area contributed by atoms with Crippen molar-refractivity contribution in [3.05, 3.63) is 35.0 Å². The molecule has 0 radical (unpaired) electrons. The third-order valence-corrected chi connectivity index (χ3v) is 4.59. The maximum Gasteiger partial charge on any atom is 0.341 e. The Bertz CT molecular complexity index is 835. The van der Waals surface area contributed by atoms with Gasteiger partial charge in [-0.25, -0.2) is 4.79 Å². The molecular weight excluding hydrogens is 378 g/mol. The van der Waals surface area contributed by atoms with Crippen LogP contribution in [0, 0.1) is 0 Å². The lowest BCUT2D eigenvalue weighted by Crippen LogP contribution is -2.42. The molecule has 0 saturated heterocycles.